The molecule has 2 heterocycles. The fraction of sp³-hybridized carbons (Fsp3) is 0.421. The van der Waals surface area contributed by atoms with Gasteiger partial charge in [0.05, 0.1) is 24.3 Å². The van der Waals surface area contributed by atoms with Gasteiger partial charge in [0.1, 0.15) is 19.8 Å². The smallest absolute Gasteiger partial charge is 0.240 e. The quantitative estimate of drug-likeness (QED) is 0.551. The maximum absolute atomic E-state index is 12.3. The zero-order valence-electron chi connectivity index (χ0n) is 15.7. The summed E-state index contributed by atoms with van der Waals surface area (Å²) in [6.07, 6.45) is 3.53. The van der Waals surface area contributed by atoms with Gasteiger partial charge in [-0.05, 0) is 25.0 Å². The number of benzene rings is 1. The van der Waals surface area contributed by atoms with E-state index < -0.39 is 0 Å². The van der Waals surface area contributed by atoms with Gasteiger partial charge in [-0.15, -0.1) is 0 Å². The molecular weight excluding hydrogens is 396 g/mol. The summed E-state index contributed by atoms with van der Waals surface area (Å²) in [5.74, 6) is 1.04. The highest BCUT2D eigenvalue weighted by Crippen LogP contribution is 2.32. The zero-order chi connectivity index (χ0) is 20.2. The summed E-state index contributed by atoms with van der Waals surface area (Å²) in [6.45, 7) is 0.826. The minimum Gasteiger partial charge on any atom is -0.486 e. The fourth-order valence-corrected chi connectivity index (χ4v) is 3.69. The lowest BCUT2D eigenvalue weighted by atomic mass is 10.2. The standard InChI is InChI=1S/C19H22N4O5S/c24-10-14-8-20-19(23(14)9-17(25)21-12-1-2-12)29-11-18(26)22-13-3-4-15-16(7-13)28-6-5-27-15/h3-4,7-8,12,24H,1-2,5-6,9-11H2,(H,21,25)(H,22,26). The van der Waals surface area contributed by atoms with Crippen LogP contribution < -0.4 is 20.1 Å². The van der Waals surface area contributed by atoms with Crippen LogP contribution in [-0.4, -0.2) is 51.5 Å². The Morgan fingerprint density at radius 2 is 2.00 bits per heavy atom. The number of ether oxygens (including phenoxy) is 2. The van der Waals surface area contributed by atoms with Gasteiger partial charge in [0.2, 0.25) is 11.8 Å². The first-order chi connectivity index (χ1) is 14.1. The van der Waals surface area contributed by atoms with Crippen LogP contribution in [0.3, 0.4) is 0 Å². The van der Waals surface area contributed by atoms with Gasteiger partial charge >= 0.3 is 0 Å². The van der Waals surface area contributed by atoms with Crippen molar-refractivity contribution in [1.29, 1.82) is 0 Å². The van der Waals surface area contributed by atoms with Crippen molar-refractivity contribution >= 4 is 29.3 Å². The Labute approximate surface area is 171 Å². The van der Waals surface area contributed by atoms with E-state index in [1.807, 2.05) is 0 Å². The Kier molecular flexibility index (Phi) is 5.91. The van der Waals surface area contributed by atoms with E-state index in [0.29, 0.717) is 41.3 Å². The van der Waals surface area contributed by atoms with Crippen LogP contribution in [0.25, 0.3) is 0 Å². The van der Waals surface area contributed by atoms with Crippen LogP contribution in [0.2, 0.25) is 0 Å². The molecule has 1 aliphatic carbocycles. The van der Waals surface area contributed by atoms with Gasteiger partial charge < -0.3 is 29.8 Å². The molecule has 3 N–H and O–H groups in total. The molecule has 0 radical (unpaired) electrons. The van der Waals surface area contributed by atoms with E-state index in [4.69, 9.17) is 9.47 Å². The average Bonchev–Trinajstić information content (AvgIpc) is 3.45. The van der Waals surface area contributed by atoms with Crippen molar-refractivity contribution < 1.29 is 24.2 Å². The number of rotatable bonds is 8. The van der Waals surface area contributed by atoms with Crippen LogP contribution >= 0.6 is 11.8 Å². The van der Waals surface area contributed by atoms with Gasteiger partial charge in [-0.1, -0.05) is 11.8 Å². The number of anilines is 1. The van der Waals surface area contributed by atoms with E-state index in [2.05, 4.69) is 15.6 Å². The van der Waals surface area contributed by atoms with Gasteiger partial charge in [0.25, 0.3) is 0 Å². The minimum absolute atomic E-state index is 0.0680. The molecule has 9 nitrogen and oxygen atoms in total. The molecule has 29 heavy (non-hydrogen) atoms. The average molecular weight is 418 g/mol. The molecular formula is C19H22N4O5S. The number of nitrogens with zero attached hydrogens (tertiary/aromatic N) is 2. The third kappa shape index (κ3) is 5.01. The number of thioether (sulfide) groups is 1. The third-order valence-corrected chi connectivity index (χ3v) is 5.46. The molecule has 2 aromatic rings. The highest BCUT2D eigenvalue weighted by atomic mass is 32.2. The molecule has 4 rings (SSSR count). The van der Waals surface area contributed by atoms with Gasteiger partial charge in [0, 0.05) is 17.8 Å². The summed E-state index contributed by atoms with van der Waals surface area (Å²) in [7, 11) is 0. The van der Waals surface area contributed by atoms with E-state index in [0.717, 1.165) is 12.8 Å². The molecule has 1 aliphatic heterocycles. The van der Waals surface area contributed by atoms with Crippen molar-refractivity contribution in [1.82, 2.24) is 14.9 Å². The van der Waals surface area contributed by atoms with Gasteiger partial charge in [-0.3, -0.25) is 9.59 Å². The molecule has 0 spiro atoms. The van der Waals surface area contributed by atoms with Crippen LogP contribution in [0, 0.1) is 0 Å². The molecule has 2 amide bonds. The Morgan fingerprint density at radius 3 is 2.76 bits per heavy atom. The molecule has 0 bridgehead atoms. The van der Waals surface area contributed by atoms with Crippen molar-refractivity contribution in [2.75, 3.05) is 24.3 Å². The fourth-order valence-electron chi connectivity index (χ4n) is 2.90. The second-order valence-electron chi connectivity index (χ2n) is 6.81. The number of hydrogen-bond acceptors (Lipinski definition) is 7. The van der Waals surface area contributed by atoms with Crippen LogP contribution in [0.5, 0.6) is 11.5 Å². The third-order valence-electron chi connectivity index (χ3n) is 4.47. The summed E-state index contributed by atoms with van der Waals surface area (Å²) in [5, 5.41) is 15.7. The molecule has 2 aliphatic rings. The normalized spacial score (nSPS) is 15.1. The topological polar surface area (TPSA) is 115 Å². The monoisotopic (exact) mass is 418 g/mol. The molecule has 154 valence electrons. The zero-order valence-corrected chi connectivity index (χ0v) is 16.5. The Hall–Kier alpha value is -2.72. The van der Waals surface area contributed by atoms with Crippen LogP contribution in [-0.2, 0) is 22.7 Å². The molecule has 1 aromatic heterocycles. The second-order valence-corrected chi connectivity index (χ2v) is 7.76. The van der Waals surface area contributed by atoms with Gasteiger partial charge in [0.15, 0.2) is 16.7 Å². The molecule has 1 fully saturated rings. The summed E-state index contributed by atoms with van der Waals surface area (Å²) in [4.78, 5) is 28.7. The van der Waals surface area contributed by atoms with E-state index in [1.165, 1.54) is 18.0 Å². The first kappa shape index (κ1) is 19.6. The van der Waals surface area contributed by atoms with Gasteiger partial charge in [-0.25, -0.2) is 4.98 Å². The summed E-state index contributed by atoms with van der Waals surface area (Å²) in [6, 6.07) is 5.50. The Bertz CT molecular complexity index is 912. The number of aromatic nitrogens is 2. The second kappa shape index (κ2) is 8.75. The van der Waals surface area contributed by atoms with Crippen molar-refractivity contribution in [2.45, 2.75) is 37.2 Å². The van der Waals surface area contributed by atoms with E-state index >= 15 is 0 Å². The predicted octanol–water partition coefficient (Wildman–Crippen LogP) is 1.16. The summed E-state index contributed by atoms with van der Waals surface area (Å²) >= 11 is 1.21. The molecule has 0 unspecified atom stereocenters. The maximum Gasteiger partial charge on any atom is 0.240 e. The molecule has 1 aromatic carbocycles. The number of nitrogens with one attached hydrogen (secondary N) is 2. The van der Waals surface area contributed by atoms with Crippen molar-refractivity contribution in [3.05, 3.63) is 30.1 Å². The molecule has 1 saturated carbocycles. The van der Waals surface area contributed by atoms with Crippen LogP contribution in [0.15, 0.2) is 29.6 Å². The maximum atomic E-state index is 12.3. The lowest BCUT2D eigenvalue weighted by Gasteiger charge is -2.19. The largest absolute Gasteiger partial charge is 0.486 e. The number of imidazole rings is 1. The number of fused-ring (bicyclic) bond motifs is 1. The van der Waals surface area contributed by atoms with Crippen molar-refractivity contribution in [3.8, 4) is 11.5 Å². The SMILES string of the molecule is O=C(CSc1ncc(CO)n1CC(=O)NC1CC1)Nc1ccc2c(c1)OCCO2. The van der Waals surface area contributed by atoms with Crippen molar-refractivity contribution in [2.24, 2.45) is 0 Å². The minimum atomic E-state index is -0.229. The first-order valence-electron chi connectivity index (χ1n) is 9.39. The Balaban J connectivity index is 1.35. The van der Waals surface area contributed by atoms with E-state index in [9.17, 15) is 14.7 Å². The molecule has 10 heteroatoms. The number of aliphatic hydroxyl groups is 1. The number of aliphatic hydroxyl groups excluding tert-OH is 1. The summed E-state index contributed by atoms with van der Waals surface area (Å²) < 4.78 is 12.6. The lowest BCUT2D eigenvalue weighted by molar-refractivity contribution is -0.122. The van der Waals surface area contributed by atoms with E-state index in [1.54, 1.807) is 22.8 Å². The van der Waals surface area contributed by atoms with E-state index in [-0.39, 0.29) is 36.8 Å². The lowest BCUT2D eigenvalue weighted by Crippen LogP contribution is -2.30. The summed E-state index contributed by atoms with van der Waals surface area (Å²) in [5.41, 5.74) is 1.15. The number of carbonyl (C=O) groups is 2. The molecule has 0 atom stereocenters. The predicted molar refractivity (Wildman–Crippen MR) is 106 cm³/mol. The Morgan fingerprint density at radius 1 is 1.21 bits per heavy atom. The number of amides is 2. The number of hydrogen-bond donors (Lipinski definition) is 3. The van der Waals surface area contributed by atoms with Crippen molar-refractivity contribution in [3.63, 3.8) is 0 Å². The highest BCUT2D eigenvalue weighted by Gasteiger charge is 2.24. The highest BCUT2D eigenvalue weighted by molar-refractivity contribution is 7.99. The van der Waals surface area contributed by atoms with Gasteiger partial charge in [-0.2, -0.15) is 0 Å². The van der Waals surface area contributed by atoms with Crippen LogP contribution in [0.1, 0.15) is 18.5 Å². The van der Waals surface area contributed by atoms with Crippen LogP contribution in [0.4, 0.5) is 5.69 Å². The first-order valence-corrected chi connectivity index (χ1v) is 10.4. The number of carbonyl (C=O) groups excluding carboxylic acids is 2. The molecule has 0 saturated heterocycles.